The first-order valence-corrected chi connectivity index (χ1v) is 6.58. The summed E-state index contributed by atoms with van der Waals surface area (Å²) in [5.41, 5.74) is 0.136. The number of hydrogen-bond donors (Lipinski definition) is 1. The summed E-state index contributed by atoms with van der Waals surface area (Å²) in [5.74, 6) is -0.561. The molecule has 104 valence electrons. The number of nitrogens with zero attached hydrogens (tertiary/aromatic N) is 1. The largest absolute Gasteiger partial charge is 0.478 e. The first-order chi connectivity index (χ1) is 9.61. The van der Waals surface area contributed by atoms with E-state index in [0.717, 1.165) is 0 Å². The first-order valence-electron chi connectivity index (χ1n) is 5.60. The molecular weight excluding hydrogens is 282 g/mol. The molecule has 2 rings (SSSR count). The Balaban J connectivity index is 2.07. The Hall–Kier alpha value is -2.28. The molecule has 1 N–H and O–H groups in total. The molecule has 0 radical (unpaired) electrons. The highest BCUT2D eigenvalue weighted by atomic mass is 32.2. The molecule has 20 heavy (non-hydrogen) atoms. The Morgan fingerprint density at radius 2 is 2.20 bits per heavy atom. The Morgan fingerprint density at radius 3 is 2.90 bits per heavy atom. The molecule has 2 aromatic heterocycles. The molecule has 0 amide bonds. The monoisotopic (exact) mass is 293 g/mol. The van der Waals surface area contributed by atoms with Gasteiger partial charge in [0.25, 0.3) is 0 Å². The number of furan rings is 1. The second-order valence-corrected chi connectivity index (χ2v) is 4.67. The lowest BCUT2D eigenvalue weighted by Crippen LogP contribution is -2.00. The molecule has 0 spiro atoms. The van der Waals surface area contributed by atoms with E-state index >= 15 is 0 Å². The van der Waals surface area contributed by atoms with E-state index < -0.39 is 11.9 Å². The van der Waals surface area contributed by atoms with E-state index in [0.29, 0.717) is 16.5 Å². The molecule has 0 saturated heterocycles. The van der Waals surface area contributed by atoms with E-state index in [1.54, 1.807) is 12.1 Å². The molecule has 0 fully saturated rings. The lowest BCUT2D eigenvalue weighted by Gasteiger charge is -2.02. The van der Waals surface area contributed by atoms with Gasteiger partial charge in [0.05, 0.1) is 18.4 Å². The third kappa shape index (κ3) is 3.18. The predicted octanol–water partition coefficient (Wildman–Crippen LogP) is 2.45. The topological polar surface area (TPSA) is 89.6 Å². The van der Waals surface area contributed by atoms with Crippen molar-refractivity contribution in [3.8, 4) is 0 Å². The van der Waals surface area contributed by atoms with Gasteiger partial charge in [0, 0.05) is 6.20 Å². The van der Waals surface area contributed by atoms with Crippen LogP contribution in [0.4, 0.5) is 0 Å². The van der Waals surface area contributed by atoms with E-state index in [2.05, 4.69) is 9.72 Å². The first kappa shape index (κ1) is 14.1. The van der Waals surface area contributed by atoms with Crippen LogP contribution in [-0.2, 0) is 10.5 Å². The van der Waals surface area contributed by atoms with E-state index in [9.17, 15) is 9.59 Å². The van der Waals surface area contributed by atoms with Gasteiger partial charge in [0.1, 0.15) is 10.8 Å². The number of hydrogen-bond acceptors (Lipinski definition) is 6. The Morgan fingerprint density at radius 1 is 1.40 bits per heavy atom. The number of esters is 1. The summed E-state index contributed by atoms with van der Waals surface area (Å²) in [6.45, 7) is 0. The van der Waals surface area contributed by atoms with Gasteiger partial charge in [-0.05, 0) is 24.3 Å². The van der Waals surface area contributed by atoms with Gasteiger partial charge in [-0.15, -0.1) is 0 Å². The fourth-order valence-corrected chi connectivity index (χ4v) is 2.35. The molecule has 6 nitrogen and oxygen atoms in total. The maximum Gasteiger partial charge on any atom is 0.373 e. The van der Waals surface area contributed by atoms with Gasteiger partial charge in [-0.25, -0.2) is 14.6 Å². The predicted molar refractivity (Wildman–Crippen MR) is 70.8 cm³/mol. The average molecular weight is 293 g/mol. The average Bonchev–Trinajstić information content (AvgIpc) is 2.93. The van der Waals surface area contributed by atoms with Crippen molar-refractivity contribution in [2.24, 2.45) is 0 Å². The molecule has 0 bridgehead atoms. The van der Waals surface area contributed by atoms with E-state index in [1.807, 2.05) is 0 Å². The van der Waals surface area contributed by atoms with Crippen molar-refractivity contribution in [2.75, 3.05) is 7.11 Å². The van der Waals surface area contributed by atoms with Crippen LogP contribution in [0.2, 0.25) is 0 Å². The van der Waals surface area contributed by atoms with Crippen molar-refractivity contribution < 1.29 is 23.8 Å². The molecule has 0 aliphatic heterocycles. The number of ether oxygens (including phenoxy) is 1. The quantitative estimate of drug-likeness (QED) is 0.669. The third-order valence-electron chi connectivity index (χ3n) is 2.40. The lowest BCUT2D eigenvalue weighted by atomic mass is 10.3. The zero-order valence-electron chi connectivity index (χ0n) is 10.5. The summed E-state index contributed by atoms with van der Waals surface area (Å²) >= 11 is 1.22. The second-order valence-electron chi connectivity index (χ2n) is 3.71. The minimum absolute atomic E-state index is 0.113. The maximum atomic E-state index is 11.2. The molecule has 0 aromatic carbocycles. The van der Waals surface area contributed by atoms with Crippen LogP contribution in [-0.4, -0.2) is 29.1 Å². The number of rotatable bonds is 5. The van der Waals surface area contributed by atoms with Gasteiger partial charge in [-0.2, -0.15) is 0 Å². The Kier molecular flexibility index (Phi) is 4.41. The van der Waals surface area contributed by atoms with Crippen LogP contribution in [0, 0.1) is 0 Å². The van der Waals surface area contributed by atoms with Crippen molar-refractivity contribution in [1.29, 1.82) is 0 Å². The molecular formula is C13H11NO5S. The van der Waals surface area contributed by atoms with Crippen LogP contribution in [0.1, 0.15) is 26.7 Å². The lowest BCUT2D eigenvalue weighted by molar-refractivity contribution is 0.0563. The molecule has 0 saturated carbocycles. The summed E-state index contributed by atoms with van der Waals surface area (Å²) in [5, 5.41) is 9.43. The van der Waals surface area contributed by atoms with Crippen molar-refractivity contribution >= 4 is 23.7 Å². The smallest absolute Gasteiger partial charge is 0.373 e. The fourth-order valence-electron chi connectivity index (χ4n) is 1.47. The van der Waals surface area contributed by atoms with Crippen molar-refractivity contribution in [3.63, 3.8) is 0 Å². The number of methoxy groups -OCH3 is 1. The number of aromatic nitrogens is 1. The molecule has 0 unspecified atom stereocenters. The fraction of sp³-hybridized carbons (Fsp3) is 0.154. The van der Waals surface area contributed by atoms with E-state index in [4.69, 9.17) is 9.52 Å². The number of carboxylic acid groups (broad SMARTS) is 1. The van der Waals surface area contributed by atoms with Crippen molar-refractivity contribution in [3.05, 3.63) is 47.5 Å². The molecule has 0 aliphatic carbocycles. The Bertz CT molecular complexity index is 637. The summed E-state index contributed by atoms with van der Waals surface area (Å²) < 4.78 is 9.82. The van der Waals surface area contributed by atoms with Gasteiger partial charge >= 0.3 is 11.9 Å². The summed E-state index contributed by atoms with van der Waals surface area (Å²) in [4.78, 5) is 26.3. The van der Waals surface area contributed by atoms with Crippen LogP contribution in [0.3, 0.4) is 0 Å². The van der Waals surface area contributed by atoms with Gasteiger partial charge in [0.15, 0.2) is 0 Å². The zero-order chi connectivity index (χ0) is 14.5. The SMILES string of the molecule is COC(=O)c1ccc(CSc2ncccc2C(=O)O)o1. The molecule has 2 aromatic rings. The number of thioether (sulfide) groups is 1. The van der Waals surface area contributed by atoms with Crippen molar-refractivity contribution in [2.45, 2.75) is 10.8 Å². The van der Waals surface area contributed by atoms with Crippen LogP contribution in [0.15, 0.2) is 39.9 Å². The van der Waals surface area contributed by atoms with Gasteiger partial charge in [0.2, 0.25) is 5.76 Å². The number of aromatic carboxylic acids is 1. The highest BCUT2D eigenvalue weighted by Gasteiger charge is 2.14. The number of carboxylic acids is 1. The summed E-state index contributed by atoms with van der Waals surface area (Å²) in [6, 6.07) is 6.20. The summed E-state index contributed by atoms with van der Waals surface area (Å²) in [7, 11) is 1.27. The van der Waals surface area contributed by atoms with Crippen molar-refractivity contribution in [1.82, 2.24) is 4.98 Å². The van der Waals surface area contributed by atoms with Gasteiger partial charge < -0.3 is 14.3 Å². The van der Waals surface area contributed by atoms with Gasteiger partial charge in [-0.1, -0.05) is 11.8 Å². The second kappa shape index (κ2) is 6.25. The highest BCUT2D eigenvalue weighted by molar-refractivity contribution is 7.98. The van der Waals surface area contributed by atoms with Crippen LogP contribution in [0.25, 0.3) is 0 Å². The van der Waals surface area contributed by atoms with Crippen LogP contribution in [0.5, 0.6) is 0 Å². The van der Waals surface area contributed by atoms with Gasteiger partial charge in [-0.3, -0.25) is 0 Å². The molecule has 0 atom stereocenters. The molecule has 2 heterocycles. The number of carbonyl (C=O) groups excluding carboxylic acids is 1. The summed E-state index contributed by atoms with van der Waals surface area (Å²) in [6.07, 6.45) is 1.52. The third-order valence-corrected chi connectivity index (χ3v) is 3.43. The molecule has 0 aliphatic rings. The van der Waals surface area contributed by atoms with Crippen LogP contribution >= 0.6 is 11.8 Å². The normalized spacial score (nSPS) is 10.2. The number of carbonyl (C=O) groups is 2. The van der Waals surface area contributed by atoms with E-state index in [1.165, 1.54) is 37.2 Å². The molecule has 7 heteroatoms. The Labute approximate surface area is 118 Å². The number of pyridine rings is 1. The minimum atomic E-state index is -1.03. The van der Waals surface area contributed by atoms with E-state index in [-0.39, 0.29) is 11.3 Å². The minimum Gasteiger partial charge on any atom is -0.478 e. The zero-order valence-corrected chi connectivity index (χ0v) is 11.3. The maximum absolute atomic E-state index is 11.2. The standard InChI is InChI=1S/C13H11NO5S/c1-18-13(17)10-5-4-8(19-10)7-20-11-9(12(15)16)3-2-6-14-11/h2-6H,7H2,1H3,(H,15,16). The van der Waals surface area contributed by atoms with Crippen LogP contribution < -0.4 is 0 Å². The highest BCUT2D eigenvalue weighted by Crippen LogP contribution is 2.25.